The van der Waals surface area contributed by atoms with Gasteiger partial charge in [-0.15, -0.1) is 0 Å². The van der Waals surface area contributed by atoms with Crippen LogP contribution in [0.1, 0.15) is 17.2 Å². The van der Waals surface area contributed by atoms with Gasteiger partial charge in [-0.2, -0.15) is 0 Å². The number of benzene rings is 2. The Morgan fingerprint density at radius 1 is 0.895 bits per heavy atom. The molecule has 1 atom stereocenters. The van der Waals surface area contributed by atoms with Crippen molar-refractivity contribution in [2.75, 3.05) is 0 Å². The fourth-order valence-electron chi connectivity index (χ4n) is 1.85. The van der Waals surface area contributed by atoms with Crippen LogP contribution >= 0.6 is 0 Å². The molecule has 0 radical (unpaired) electrons. The summed E-state index contributed by atoms with van der Waals surface area (Å²) in [5.41, 5.74) is 5.69. The minimum Gasteiger partial charge on any atom is -0.324 e. The summed E-state index contributed by atoms with van der Waals surface area (Å²) in [5.74, 6) is -3.02. The first-order chi connectivity index (χ1) is 8.97. The molecule has 2 rings (SSSR count). The Balaban J connectivity index is 2.28. The van der Waals surface area contributed by atoms with E-state index in [0.29, 0.717) is 6.07 Å². The van der Waals surface area contributed by atoms with E-state index in [1.165, 1.54) is 6.07 Å². The number of rotatable bonds is 3. The molecule has 0 saturated carbocycles. The molecule has 1 nitrogen and oxygen atoms in total. The molecule has 5 heteroatoms. The van der Waals surface area contributed by atoms with E-state index in [9.17, 15) is 17.6 Å². The second-order valence-corrected chi connectivity index (χ2v) is 4.21. The third-order valence-corrected chi connectivity index (χ3v) is 2.80. The molecule has 1 unspecified atom stereocenters. The van der Waals surface area contributed by atoms with Crippen LogP contribution in [0.2, 0.25) is 0 Å². The van der Waals surface area contributed by atoms with Crippen LogP contribution in [-0.2, 0) is 6.42 Å². The third-order valence-electron chi connectivity index (χ3n) is 2.80. The zero-order valence-corrected chi connectivity index (χ0v) is 9.84. The quantitative estimate of drug-likeness (QED) is 0.848. The molecule has 19 heavy (non-hydrogen) atoms. The van der Waals surface area contributed by atoms with E-state index in [0.717, 1.165) is 24.3 Å². The standard InChI is InChI=1S/C14H11F4N/c15-9-4-8(5-10(16)6-9)14(19)7-11-12(17)2-1-3-13(11)18/h1-6,14H,7,19H2. The van der Waals surface area contributed by atoms with Crippen LogP contribution in [0.15, 0.2) is 36.4 Å². The lowest BCUT2D eigenvalue weighted by molar-refractivity contribution is 0.535. The first-order valence-corrected chi connectivity index (χ1v) is 5.62. The molecule has 0 heterocycles. The van der Waals surface area contributed by atoms with E-state index in [-0.39, 0.29) is 17.5 Å². The Morgan fingerprint density at radius 3 is 1.95 bits per heavy atom. The Kier molecular flexibility index (Phi) is 3.85. The second-order valence-electron chi connectivity index (χ2n) is 4.21. The van der Waals surface area contributed by atoms with Crippen molar-refractivity contribution in [1.29, 1.82) is 0 Å². The molecule has 0 aliphatic carbocycles. The van der Waals surface area contributed by atoms with Crippen LogP contribution in [0, 0.1) is 23.3 Å². The average molecular weight is 269 g/mol. The van der Waals surface area contributed by atoms with Gasteiger partial charge in [0.05, 0.1) is 0 Å². The maximum atomic E-state index is 13.4. The molecular formula is C14H11F4N. The lowest BCUT2D eigenvalue weighted by Gasteiger charge is -2.13. The highest BCUT2D eigenvalue weighted by Gasteiger charge is 2.15. The van der Waals surface area contributed by atoms with Crippen molar-refractivity contribution in [3.8, 4) is 0 Å². The molecule has 0 bridgehead atoms. The molecular weight excluding hydrogens is 258 g/mol. The topological polar surface area (TPSA) is 26.0 Å². The predicted octanol–water partition coefficient (Wildman–Crippen LogP) is 3.49. The van der Waals surface area contributed by atoms with Crippen LogP contribution in [0.4, 0.5) is 17.6 Å². The molecule has 2 aromatic rings. The van der Waals surface area contributed by atoms with Gasteiger partial charge in [0.2, 0.25) is 0 Å². The summed E-state index contributed by atoms with van der Waals surface area (Å²) in [6.45, 7) is 0. The molecule has 0 fully saturated rings. The van der Waals surface area contributed by atoms with Gasteiger partial charge in [0.25, 0.3) is 0 Å². The van der Waals surface area contributed by atoms with E-state index in [1.54, 1.807) is 0 Å². The van der Waals surface area contributed by atoms with Crippen molar-refractivity contribution in [2.45, 2.75) is 12.5 Å². The molecule has 0 spiro atoms. The van der Waals surface area contributed by atoms with Gasteiger partial charge in [0.1, 0.15) is 23.3 Å². The van der Waals surface area contributed by atoms with Crippen LogP contribution in [0.25, 0.3) is 0 Å². The molecule has 0 amide bonds. The van der Waals surface area contributed by atoms with Crippen molar-refractivity contribution >= 4 is 0 Å². The first kappa shape index (κ1) is 13.5. The summed E-state index contributed by atoms with van der Waals surface area (Å²) in [6, 6.07) is 5.37. The largest absolute Gasteiger partial charge is 0.324 e. The Bertz CT molecular complexity index is 557. The summed E-state index contributed by atoms with van der Waals surface area (Å²) in [5, 5.41) is 0. The fraction of sp³-hybridized carbons (Fsp3) is 0.143. The lowest BCUT2D eigenvalue weighted by Crippen LogP contribution is -2.15. The molecule has 0 aliphatic heterocycles. The summed E-state index contributed by atoms with van der Waals surface area (Å²) in [4.78, 5) is 0. The predicted molar refractivity (Wildman–Crippen MR) is 63.3 cm³/mol. The number of nitrogens with two attached hydrogens (primary N) is 1. The Hall–Kier alpha value is -1.88. The average Bonchev–Trinajstić information content (AvgIpc) is 2.32. The molecule has 0 saturated heterocycles. The van der Waals surface area contributed by atoms with Crippen molar-refractivity contribution in [2.24, 2.45) is 5.73 Å². The molecule has 0 aliphatic rings. The van der Waals surface area contributed by atoms with Crippen molar-refractivity contribution in [3.63, 3.8) is 0 Å². The molecule has 0 aromatic heterocycles. The SMILES string of the molecule is NC(Cc1c(F)cccc1F)c1cc(F)cc(F)c1. The van der Waals surface area contributed by atoms with Gasteiger partial charge >= 0.3 is 0 Å². The minimum absolute atomic E-state index is 0.153. The number of halogens is 4. The summed E-state index contributed by atoms with van der Waals surface area (Å²) < 4.78 is 53.0. The van der Waals surface area contributed by atoms with Crippen LogP contribution < -0.4 is 5.73 Å². The van der Waals surface area contributed by atoms with Gasteiger partial charge in [-0.25, -0.2) is 17.6 Å². The van der Waals surface area contributed by atoms with E-state index in [2.05, 4.69) is 0 Å². The van der Waals surface area contributed by atoms with Gasteiger partial charge < -0.3 is 5.73 Å². The second kappa shape index (κ2) is 5.40. The van der Waals surface area contributed by atoms with Gasteiger partial charge in [0.15, 0.2) is 0 Å². The zero-order valence-electron chi connectivity index (χ0n) is 9.84. The van der Waals surface area contributed by atoms with Crippen molar-refractivity contribution in [3.05, 3.63) is 70.8 Å². The zero-order chi connectivity index (χ0) is 14.0. The number of hydrogen-bond acceptors (Lipinski definition) is 1. The summed E-state index contributed by atoms with van der Waals surface area (Å²) >= 11 is 0. The Morgan fingerprint density at radius 2 is 1.42 bits per heavy atom. The molecule has 2 aromatic carbocycles. The first-order valence-electron chi connectivity index (χ1n) is 5.62. The highest BCUT2D eigenvalue weighted by Crippen LogP contribution is 2.21. The van der Waals surface area contributed by atoms with E-state index >= 15 is 0 Å². The molecule has 2 N–H and O–H groups in total. The third kappa shape index (κ3) is 3.12. The minimum atomic E-state index is -0.892. The van der Waals surface area contributed by atoms with Gasteiger partial charge in [-0.05, 0) is 36.2 Å². The van der Waals surface area contributed by atoms with Crippen LogP contribution in [0.5, 0.6) is 0 Å². The monoisotopic (exact) mass is 269 g/mol. The van der Waals surface area contributed by atoms with Crippen LogP contribution in [0.3, 0.4) is 0 Å². The fourth-order valence-corrected chi connectivity index (χ4v) is 1.85. The van der Waals surface area contributed by atoms with Crippen molar-refractivity contribution in [1.82, 2.24) is 0 Å². The van der Waals surface area contributed by atoms with Gasteiger partial charge in [0, 0.05) is 17.7 Å². The van der Waals surface area contributed by atoms with Gasteiger partial charge in [-0.1, -0.05) is 6.07 Å². The van der Waals surface area contributed by atoms with Gasteiger partial charge in [-0.3, -0.25) is 0 Å². The lowest BCUT2D eigenvalue weighted by atomic mass is 9.99. The normalized spacial score (nSPS) is 12.5. The smallest absolute Gasteiger partial charge is 0.129 e. The van der Waals surface area contributed by atoms with Crippen molar-refractivity contribution < 1.29 is 17.6 Å². The van der Waals surface area contributed by atoms with Crippen LogP contribution in [-0.4, -0.2) is 0 Å². The Labute approximate surface area is 107 Å². The summed E-state index contributed by atoms with van der Waals surface area (Å²) in [6.07, 6.45) is -0.179. The van der Waals surface area contributed by atoms with E-state index in [1.807, 2.05) is 0 Å². The number of hydrogen-bond donors (Lipinski definition) is 1. The van der Waals surface area contributed by atoms with E-state index < -0.39 is 29.3 Å². The maximum absolute atomic E-state index is 13.4. The highest BCUT2D eigenvalue weighted by atomic mass is 19.1. The highest BCUT2D eigenvalue weighted by molar-refractivity contribution is 5.26. The molecule has 100 valence electrons. The summed E-state index contributed by atoms with van der Waals surface area (Å²) in [7, 11) is 0. The maximum Gasteiger partial charge on any atom is 0.129 e. The van der Waals surface area contributed by atoms with E-state index in [4.69, 9.17) is 5.73 Å².